The van der Waals surface area contributed by atoms with Crippen LogP contribution in [-0.2, 0) is 26.0 Å². The molecule has 0 bridgehead atoms. The fourth-order valence-electron chi connectivity index (χ4n) is 5.27. The number of nitrogens with one attached hydrogen (secondary N) is 1. The molecule has 1 aliphatic heterocycles. The molecule has 0 saturated carbocycles. The summed E-state index contributed by atoms with van der Waals surface area (Å²) in [6, 6.07) is 14.7. The summed E-state index contributed by atoms with van der Waals surface area (Å²) >= 11 is 12.3. The van der Waals surface area contributed by atoms with E-state index >= 15 is 0 Å². The van der Waals surface area contributed by atoms with Crippen molar-refractivity contribution in [3.8, 4) is 5.69 Å². The number of nitrogens with zero attached hydrogens (tertiary/aromatic N) is 7. The molecule has 0 aliphatic carbocycles. The zero-order valence-corrected chi connectivity index (χ0v) is 26.6. The van der Waals surface area contributed by atoms with Gasteiger partial charge in [-0.25, -0.2) is 9.07 Å². The van der Waals surface area contributed by atoms with Crippen LogP contribution in [0.2, 0.25) is 10.2 Å². The molecular weight excluding hydrogens is 631 g/mol. The van der Waals surface area contributed by atoms with Crippen LogP contribution in [0.25, 0.3) is 16.6 Å². The van der Waals surface area contributed by atoms with E-state index in [1.54, 1.807) is 48.5 Å². The first-order chi connectivity index (χ1) is 21.9. The zero-order valence-electron chi connectivity index (χ0n) is 25.1. The van der Waals surface area contributed by atoms with Crippen LogP contribution in [0.5, 0.6) is 0 Å². The van der Waals surface area contributed by atoms with Gasteiger partial charge in [0.05, 0.1) is 23.1 Å². The van der Waals surface area contributed by atoms with Gasteiger partial charge in [-0.3, -0.25) is 24.0 Å². The van der Waals surface area contributed by atoms with Gasteiger partial charge in [0.15, 0.2) is 5.15 Å². The molecule has 3 aromatic carbocycles. The maximum absolute atomic E-state index is 13.9. The maximum Gasteiger partial charge on any atom is 0.247 e. The van der Waals surface area contributed by atoms with Gasteiger partial charge >= 0.3 is 0 Å². The molecule has 3 heterocycles. The van der Waals surface area contributed by atoms with Crippen molar-refractivity contribution in [1.29, 1.82) is 0 Å². The van der Waals surface area contributed by atoms with E-state index in [4.69, 9.17) is 23.2 Å². The highest BCUT2D eigenvalue weighted by molar-refractivity contribution is 6.56. The second-order valence-electron chi connectivity index (χ2n) is 12.0. The fourth-order valence-corrected chi connectivity index (χ4v) is 5.56. The molecule has 230 valence electrons. The SMILES string of the molecule is BC(B)(B)n1cc2cc(NC(=O)C(Cc3ccc(F)cc3)N3CC(=O)N(c4cc(Cl)ccc4-n4cc(Cl)nn4)CC3=O)ccc2n1. The van der Waals surface area contributed by atoms with Crippen LogP contribution in [0.4, 0.5) is 15.8 Å². The van der Waals surface area contributed by atoms with Crippen LogP contribution in [0, 0.1) is 5.82 Å². The van der Waals surface area contributed by atoms with Crippen molar-refractivity contribution in [1.82, 2.24) is 29.7 Å². The Hall–Kier alpha value is -4.62. The third-order valence-corrected chi connectivity index (χ3v) is 8.05. The molecule has 0 spiro atoms. The number of carbonyl (C=O) groups is 3. The number of anilines is 2. The minimum atomic E-state index is -1.08. The first kappa shape index (κ1) is 31.4. The van der Waals surface area contributed by atoms with Crippen molar-refractivity contribution in [2.24, 2.45) is 0 Å². The second kappa shape index (κ2) is 12.3. The Balaban J connectivity index is 1.29. The Kier molecular flexibility index (Phi) is 8.38. The van der Waals surface area contributed by atoms with Gasteiger partial charge in [-0.1, -0.05) is 40.5 Å². The number of rotatable bonds is 8. The van der Waals surface area contributed by atoms with Gasteiger partial charge in [-0.15, -0.1) is 5.10 Å². The highest BCUT2D eigenvalue weighted by Crippen LogP contribution is 2.31. The van der Waals surface area contributed by atoms with Gasteiger partial charge in [0.2, 0.25) is 17.7 Å². The van der Waals surface area contributed by atoms with Gasteiger partial charge < -0.3 is 10.2 Å². The van der Waals surface area contributed by atoms with Gasteiger partial charge in [0.1, 0.15) is 48.5 Å². The molecule has 17 heteroatoms. The van der Waals surface area contributed by atoms with E-state index in [0.29, 0.717) is 27.6 Å². The van der Waals surface area contributed by atoms with Crippen molar-refractivity contribution in [2.45, 2.75) is 17.7 Å². The fraction of sp³-hybridized carbons (Fsp3) is 0.172. The lowest BCUT2D eigenvalue weighted by molar-refractivity contribution is -0.143. The number of aromatic nitrogens is 5. The molecule has 1 unspecified atom stereocenters. The van der Waals surface area contributed by atoms with E-state index in [9.17, 15) is 18.8 Å². The summed E-state index contributed by atoms with van der Waals surface area (Å²) in [5.74, 6) is -1.84. The van der Waals surface area contributed by atoms with Gasteiger partial charge in [0, 0.05) is 28.7 Å². The molecule has 1 N–H and O–H groups in total. The Morgan fingerprint density at radius 2 is 1.72 bits per heavy atom. The third-order valence-electron chi connectivity index (χ3n) is 7.64. The van der Waals surface area contributed by atoms with Crippen molar-refractivity contribution in [3.63, 3.8) is 0 Å². The van der Waals surface area contributed by atoms with Gasteiger partial charge in [0.25, 0.3) is 0 Å². The lowest BCUT2D eigenvalue weighted by Crippen LogP contribution is -2.60. The van der Waals surface area contributed by atoms with Crippen LogP contribution in [0.3, 0.4) is 0 Å². The molecule has 6 rings (SSSR count). The van der Waals surface area contributed by atoms with E-state index in [-0.39, 0.29) is 29.9 Å². The Morgan fingerprint density at radius 3 is 2.41 bits per heavy atom. The Bertz CT molecular complexity index is 1980. The standard InChI is InChI=1S/C29H26B3Cl2FN8O3/c30-29(31,32)43-12-17-10-20(6-7-21(17)38-43)36-28(46)24(9-16-1-4-19(35)5-2-16)41-15-26(44)40(14-27(41)45)23-11-18(33)3-8-22(23)42-13-25(34)37-39-42/h1-8,10-13,24H,9,14-15,30-32H2,(H,36,46). The molecular formula is C29H26B3Cl2FN8O3. The molecule has 1 saturated heterocycles. The lowest BCUT2D eigenvalue weighted by Gasteiger charge is -2.38. The molecule has 5 aromatic rings. The average molecular weight is 657 g/mol. The summed E-state index contributed by atoms with van der Waals surface area (Å²) in [5, 5.41) is 16.4. The molecule has 2 aromatic heterocycles. The summed E-state index contributed by atoms with van der Waals surface area (Å²) in [6.45, 7) is -0.751. The van der Waals surface area contributed by atoms with Gasteiger partial charge in [-0.05, 0) is 59.3 Å². The van der Waals surface area contributed by atoms with Crippen LogP contribution in [-0.4, -0.2) is 90.1 Å². The molecule has 1 aliphatic rings. The number of fused-ring (bicyclic) bond motifs is 1. The van der Waals surface area contributed by atoms with Crippen LogP contribution in [0.1, 0.15) is 5.56 Å². The zero-order chi connectivity index (χ0) is 32.7. The molecule has 1 atom stereocenters. The third kappa shape index (κ3) is 6.51. The van der Waals surface area contributed by atoms with E-state index in [0.717, 1.165) is 10.9 Å². The first-order valence-electron chi connectivity index (χ1n) is 14.4. The van der Waals surface area contributed by atoms with Crippen molar-refractivity contribution in [2.75, 3.05) is 23.3 Å². The second-order valence-corrected chi connectivity index (χ2v) is 12.8. The normalized spacial score (nSPS) is 14.6. The predicted molar refractivity (Wildman–Crippen MR) is 181 cm³/mol. The van der Waals surface area contributed by atoms with Crippen molar-refractivity contribution >= 4 is 86.7 Å². The van der Waals surface area contributed by atoms with Crippen LogP contribution >= 0.6 is 23.2 Å². The maximum atomic E-state index is 13.9. The predicted octanol–water partition coefficient (Wildman–Crippen LogP) is 0.955. The number of piperazine rings is 1. The highest BCUT2D eigenvalue weighted by atomic mass is 35.5. The Labute approximate surface area is 275 Å². The van der Waals surface area contributed by atoms with E-state index in [2.05, 4.69) is 20.7 Å². The quantitative estimate of drug-likeness (QED) is 0.249. The summed E-state index contributed by atoms with van der Waals surface area (Å²) in [6.07, 6.45) is 3.42. The van der Waals surface area contributed by atoms with Crippen molar-refractivity contribution in [3.05, 3.63) is 94.6 Å². The number of benzene rings is 3. The Morgan fingerprint density at radius 1 is 0.957 bits per heavy atom. The van der Waals surface area contributed by atoms with E-state index < -0.39 is 29.6 Å². The summed E-state index contributed by atoms with van der Waals surface area (Å²) in [4.78, 5) is 43.9. The van der Waals surface area contributed by atoms with Crippen molar-refractivity contribution < 1.29 is 18.8 Å². The minimum Gasteiger partial charge on any atom is -0.324 e. The monoisotopic (exact) mass is 656 g/mol. The smallest absolute Gasteiger partial charge is 0.247 e. The first-order valence-corrected chi connectivity index (χ1v) is 15.1. The largest absolute Gasteiger partial charge is 0.324 e. The topological polar surface area (TPSA) is 118 Å². The summed E-state index contributed by atoms with van der Waals surface area (Å²) in [5.41, 5.74) is 2.65. The van der Waals surface area contributed by atoms with E-state index in [1.807, 2.05) is 34.4 Å². The number of hydrogen-bond donors (Lipinski definition) is 1. The number of amides is 3. The average Bonchev–Trinajstić information content (AvgIpc) is 3.64. The molecule has 0 radical (unpaired) electrons. The minimum absolute atomic E-state index is 0.0508. The molecule has 3 amide bonds. The highest BCUT2D eigenvalue weighted by Gasteiger charge is 2.39. The van der Waals surface area contributed by atoms with E-state index in [1.165, 1.54) is 32.8 Å². The number of halogens is 3. The van der Waals surface area contributed by atoms with Crippen LogP contribution in [0.15, 0.2) is 73.1 Å². The summed E-state index contributed by atoms with van der Waals surface area (Å²) in [7, 11) is 6.12. The van der Waals surface area contributed by atoms with Gasteiger partial charge in [-0.2, -0.15) is 5.10 Å². The number of carbonyl (C=O) groups excluding carboxylic acids is 3. The molecule has 1 fully saturated rings. The lowest BCUT2D eigenvalue weighted by atomic mass is 9.49. The number of hydrogen-bond acceptors (Lipinski definition) is 6. The molecule has 11 nitrogen and oxygen atoms in total. The van der Waals surface area contributed by atoms with Crippen LogP contribution < -0.4 is 10.2 Å². The molecule has 46 heavy (non-hydrogen) atoms. The summed E-state index contributed by atoms with van der Waals surface area (Å²) < 4.78 is 16.9.